The van der Waals surface area contributed by atoms with Crippen molar-refractivity contribution in [1.29, 1.82) is 0 Å². The largest absolute Gasteiger partial charge is 0.467 e. The minimum atomic E-state index is -0.502. The Hall–Kier alpha value is -2.29. The quantitative estimate of drug-likeness (QED) is 0.864. The van der Waals surface area contributed by atoms with Gasteiger partial charge in [0.2, 0.25) is 0 Å². The smallest absolute Gasteiger partial charge is 0.332 e. The lowest BCUT2D eigenvalue weighted by Gasteiger charge is -2.19. The lowest BCUT2D eigenvalue weighted by atomic mass is 10.0. The molecule has 0 heterocycles. The number of ether oxygens (including phenoxy) is 1. The van der Waals surface area contributed by atoms with Crippen molar-refractivity contribution in [1.82, 2.24) is 0 Å². The molecule has 0 saturated carbocycles. The number of anilines is 1. The predicted molar refractivity (Wildman–Crippen MR) is 85.5 cm³/mol. The number of rotatable bonds is 4. The molecule has 2 rings (SSSR count). The number of nitrogens with one attached hydrogen (secondary N) is 1. The van der Waals surface area contributed by atoms with Gasteiger partial charge in [0.1, 0.15) is 0 Å². The van der Waals surface area contributed by atoms with Crippen LogP contribution in [0.4, 0.5) is 5.69 Å². The van der Waals surface area contributed by atoms with Crippen LogP contribution < -0.4 is 5.32 Å². The fourth-order valence-corrected chi connectivity index (χ4v) is 2.33. The van der Waals surface area contributed by atoms with Gasteiger partial charge in [-0.15, -0.1) is 0 Å². The molecule has 0 spiro atoms. The summed E-state index contributed by atoms with van der Waals surface area (Å²) < 4.78 is 4.92. The van der Waals surface area contributed by atoms with Crippen molar-refractivity contribution in [2.24, 2.45) is 0 Å². The van der Waals surface area contributed by atoms with Gasteiger partial charge in [0.05, 0.1) is 7.11 Å². The number of carbonyl (C=O) groups is 1. The van der Waals surface area contributed by atoms with E-state index in [2.05, 4.69) is 38.2 Å². The van der Waals surface area contributed by atoms with Gasteiger partial charge in [-0.05, 0) is 55.2 Å². The summed E-state index contributed by atoms with van der Waals surface area (Å²) in [5, 5.41) is 3.28. The fraction of sp³-hybridized carbons (Fsp3) is 0.278. The van der Waals surface area contributed by atoms with Crippen molar-refractivity contribution in [2.75, 3.05) is 12.4 Å². The summed E-state index contributed by atoms with van der Waals surface area (Å²) in [6, 6.07) is 13.2. The molecule has 0 aliphatic carbocycles. The summed E-state index contributed by atoms with van der Waals surface area (Å²) in [4.78, 5) is 12.1. The van der Waals surface area contributed by atoms with Gasteiger partial charge >= 0.3 is 5.97 Å². The molecule has 2 aromatic carbocycles. The Balaban J connectivity index is 2.34. The standard InChI is InChI=1S/C18H21NO2/c1-12-10-16(11-13(2)14(12)3)19-17(18(20)21-4)15-8-6-5-7-9-15/h5-11,17,19H,1-4H3. The van der Waals surface area contributed by atoms with Crippen LogP contribution in [0.15, 0.2) is 42.5 Å². The van der Waals surface area contributed by atoms with Gasteiger partial charge < -0.3 is 10.1 Å². The van der Waals surface area contributed by atoms with Crippen LogP contribution >= 0.6 is 0 Å². The summed E-state index contributed by atoms with van der Waals surface area (Å²) in [5.74, 6) is -0.294. The van der Waals surface area contributed by atoms with Crippen LogP contribution in [0.1, 0.15) is 28.3 Å². The zero-order valence-corrected chi connectivity index (χ0v) is 12.9. The minimum Gasteiger partial charge on any atom is -0.467 e. The van der Waals surface area contributed by atoms with Crippen LogP contribution in [0.25, 0.3) is 0 Å². The first-order valence-electron chi connectivity index (χ1n) is 7.00. The number of methoxy groups -OCH3 is 1. The summed E-state index contributed by atoms with van der Waals surface area (Å²) in [5.41, 5.74) is 5.49. The van der Waals surface area contributed by atoms with Crippen molar-refractivity contribution in [3.63, 3.8) is 0 Å². The molecule has 0 aromatic heterocycles. The second-order valence-electron chi connectivity index (χ2n) is 5.25. The van der Waals surface area contributed by atoms with Crippen LogP contribution in [-0.4, -0.2) is 13.1 Å². The van der Waals surface area contributed by atoms with Crippen LogP contribution in [0.2, 0.25) is 0 Å². The van der Waals surface area contributed by atoms with Gasteiger partial charge in [-0.3, -0.25) is 0 Å². The average Bonchev–Trinajstić information content (AvgIpc) is 2.50. The Labute approximate surface area is 126 Å². The first-order chi connectivity index (χ1) is 10.0. The molecule has 0 saturated heterocycles. The van der Waals surface area contributed by atoms with Crippen molar-refractivity contribution < 1.29 is 9.53 Å². The molecule has 2 aromatic rings. The number of hydrogen-bond donors (Lipinski definition) is 1. The topological polar surface area (TPSA) is 38.3 Å². The maximum Gasteiger partial charge on any atom is 0.332 e. The van der Waals surface area contributed by atoms with Crippen LogP contribution in [0.5, 0.6) is 0 Å². The average molecular weight is 283 g/mol. The Morgan fingerprint density at radius 1 is 1.05 bits per heavy atom. The fourth-order valence-electron chi connectivity index (χ4n) is 2.33. The lowest BCUT2D eigenvalue weighted by Crippen LogP contribution is -2.22. The zero-order valence-electron chi connectivity index (χ0n) is 12.9. The highest BCUT2D eigenvalue weighted by Gasteiger charge is 2.21. The summed E-state index contributed by atoms with van der Waals surface area (Å²) in [6.45, 7) is 6.25. The Bertz CT molecular complexity index is 612. The highest BCUT2D eigenvalue weighted by molar-refractivity contribution is 5.81. The van der Waals surface area contributed by atoms with Gasteiger partial charge in [0.15, 0.2) is 6.04 Å². The molecule has 3 heteroatoms. The molecule has 1 unspecified atom stereocenters. The molecule has 0 radical (unpaired) electrons. The van der Waals surface area contributed by atoms with E-state index in [0.717, 1.165) is 11.3 Å². The maximum absolute atomic E-state index is 12.1. The molecular formula is C18H21NO2. The predicted octanol–water partition coefficient (Wildman–Crippen LogP) is 3.94. The van der Waals surface area contributed by atoms with Gasteiger partial charge in [-0.1, -0.05) is 30.3 Å². The van der Waals surface area contributed by atoms with E-state index in [1.807, 2.05) is 30.3 Å². The first-order valence-corrected chi connectivity index (χ1v) is 7.00. The van der Waals surface area contributed by atoms with Gasteiger partial charge in [0, 0.05) is 5.69 Å². The summed E-state index contributed by atoms with van der Waals surface area (Å²) in [7, 11) is 1.41. The number of hydrogen-bond acceptors (Lipinski definition) is 3. The van der Waals surface area contributed by atoms with E-state index in [1.165, 1.54) is 23.8 Å². The van der Waals surface area contributed by atoms with Gasteiger partial charge in [-0.25, -0.2) is 4.79 Å². The van der Waals surface area contributed by atoms with Crippen molar-refractivity contribution in [3.8, 4) is 0 Å². The van der Waals surface area contributed by atoms with E-state index >= 15 is 0 Å². The SMILES string of the molecule is COC(=O)C(Nc1cc(C)c(C)c(C)c1)c1ccccc1. The molecule has 110 valence electrons. The molecule has 0 aliphatic heterocycles. The molecule has 21 heavy (non-hydrogen) atoms. The summed E-state index contributed by atoms with van der Waals surface area (Å²) in [6.07, 6.45) is 0. The molecule has 3 nitrogen and oxygen atoms in total. The highest BCUT2D eigenvalue weighted by Crippen LogP contribution is 2.24. The van der Waals surface area contributed by atoms with Crippen LogP contribution in [-0.2, 0) is 9.53 Å². The molecule has 0 amide bonds. The minimum absolute atomic E-state index is 0.294. The second kappa shape index (κ2) is 6.44. The van der Waals surface area contributed by atoms with Crippen LogP contribution in [0, 0.1) is 20.8 Å². The summed E-state index contributed by atoms with van der Waals surface area (Å²) >= 11 is 0. The molecular weight excluding hydrogens is 262 g/mol. The van der Waals surface area contributed by atoms with Gasteiger partial charge in [0.25, 0.3) is 0 Å². The van der Waals surface area contributed by atoms with Crippen molar-refractivity contribution in [2.45, 2.75) is 26.8 Å². The Morgan fingerprint density at radius 3 is 2.14 bits per heavy atom. The zero-order chi connectivity index (χ0) is 15.4. The molecule has 0 bridgehead atoms. The van der Waals surface area contributed by atoms with E-state index in [9.17, 15) is 4.79 Å². The molecule has 1 atom stereocenters. The molecule has 0 fully saturated rings. The van der Waals surface area contributed by atoms with Gasteiger partial charge in [-0.2, -0.15) is 0 Å². The number of carbonyl (C=O) groups excluding carboxylic acids is 1. The third kappa shape index (κ3) is 3.43. The normalized spacial score (nSPS) is 11.8. The molecule has 0 aliphatic rings. The van der Waals surface area contributed by atoms with Crippen molar-refractivity contribution in [3.05, 3.63) is 64.7 Å². The van der Waals surface area contributed by atoms with E-state index in [1.54, 1.807) is 0 Å². The Morgan fingerprint density at radius 2 is 1.62 bits per heavy atom. The lowest BCUT2D eigenvalue weighted by molar-refractivity contribution is -0.141. The van der Waals surface area contributed by atoms with E-state index < -0.39 is 6.04 Å². The monoisotopic (exact) mass is 283 g/mol. The Kier molecular flexibility index (Phi) is 4.63. The van der Waals surface area contributed by atoms with Crippen molar-refractivity contribution >= 4 is 11.7 Å². The first kappa shape index (κ1) is 15.1. The second-order valence-corrected chi connectivity index (χ2v) is 5.25. The van der Waals surface area contributed by atoms with Crippen LogP contribution in [0.3, 0.4) is 0 Å². The number of aryl methyl sites for hydroxylation is 2. The third-order valence-corrected chi connectivity index (χ3v) is 3.81. The number of esters is 1. The van der Waals surface area contributed by atoms with E-state index in [-0.39, 0.29) is 5.97 Å². The maximum atomic E-state index is 12.1. The van der Waals surface area contributed by atoms with E-state index in [0.29, 0.717) is 0 Å². The third-order valence-electron chi connectivity index (χ3n) is 3.81. The molecule has 1 N–H and O–H groups in total. The van der Waals surface area contributed by atoms with E-state index in [4.69, 9.17) is 4.74 Å². The number of benzene rings is 2. The highest BCUT2D eigenvalue weighted by atomic mass is 16.5.